The first-order valence-electron chi connectivity index (χ1n) is 10.6. The van der Waals surface area contributed by atoms with Crippen LogP contribution in [0.25, 0.3) is 0 Å². The Labute approximate surface area is 197 Å². The van der Waals surface area contributed by atoms with Gasteiger partial charge in [-0.15, -0.1) is 0 Å². The molecule has 0 aromatic heterocycles. The fourth-order valence-corrected chi connectivity index (χ4v) is 3.67. The number of benzene rings is 3. The van der Waals surface area contributed by atoms with Gasteiger partial charge in [-0.3, -0.25) is 10.1 Å². The van der Waals surface area contributed by atoms with Gasteiger partial charge in [0.2, 0.25) is 0 Å². The number of nitrogens with one attached hydrogen (secondary N) is 3. The van der Waals surface area contributed by atoms with Crippen LogP contribution in [0.4, 0.5) is 16.2 Å². The van der Waals surface area contributed by atoms with Crippen LogP contribution in [-0.4, -0.2) is 31.7 Å². The molecule has 0 aliphatic carbocycles. The van der Waals surface area contributed by atoms with Gasteiger partial charge >= 0.3 is 6.09 Å². The molecule has 4 rings (SSSR count). The molecule has 7 nitrogen and oxygen atoms in total. The van der Waals surface area contributed by atoms with E-state index in [-0.39, 0.29) is 18.6 Å². The lowest BCUT2D eigenvalue weighted by atomic mass is 10.1. The molecule has 1 heterocycles. The van der Waals surface area contributed by atoms with Crippen LogP contribution in [0.15, 0.2) is 72.8 Å². The SMILES string of the molecule is O=C(Nc1cc(Cl)cc(C(=O)Nc2ccc([C@H]3CNCCO3)cc2)c1)OCc1ccccc1. The quantitative estimate of drug-likeness (QED) is 0.476. The van der Waals surface area contributed by atoms with Crippen molar-refractivity contribution in [1.29, 1.82) is 0 Å². The fourth-order valence-electron chi connectivity index (χ4n) is 3.43. The second kappa shape index (κ2) is 11.0. The molecular weight excluding hydrogens is 442 g/mol. The van der Waals surface area contributed by atoms with Crippen LogP contribution in [0.1, 0.15) is 27.6 Å². The lowest BCUT2D eigenvalue weighted by Gasteiger charge is -2.24. The van der Waals surface area contributed by atoms with E-state index in [1.807, 2.05) is 54.6 Å². The molecule has 3 N–H and O–H groups in total. The summed E-state index contributed by atoms with van der Waals surface area (Å²) in [6.45, 7) is 2.43. The van der Waals surface area contributed by atoms with E-state index in [9.17, 15) is 9.59 Å². The number of hydrogen-bond donors (Lipinski definition) is 3. The van der Waals surface area contributed by atoms with Crippen LogP contribution < -0.4 is 16.0 Å². The molecule has 0 saturated carbocycles. The van der Waals surface area contributed by atoms with Gasteiger partial charge in [0, 0.05) is 35.1 Å². The highest BCUT2D eigenvalue weighted by Gasteiger charge is 2.16. The molecule has 33 heavy (non-hydrogen) atoms. The highest BCUT2D eigenvalue weighted by Crippen LogP contribution is 2.23. The lowest BCUT2D eigenvalue weighted by Crippen LogP contribution is -2.33. The number of carbonyl (C=O) groups is 2. The van der Waals surface area contributed by atoms with E-state index < -0.39 is 6.09 Å². The van der Waals surface area contributed by atoms with Gasteiger partial charge in [0.25, 0.3) is 5.91 Å². The minimum Gasteiger partial charge on any atom is -0.444 e. The first-order valence-corrected chi connectivity index (χ1v) is 11.0. The number of carbonyl (C=O) groups excluding carboxylic acids is 2. The van der Waals surface area contributed by atoms with Crippen LogP contribution in [0.2, 0.25) is 5.02 Å². The highest BCUT2D eigenvalue weighted by molar-refractivity contribution is 6.31. The van der Waals surface area contributed by atoms with E-state index in [1.54, 1.807) is 12.1 Å². The van der Waals surface area contributed by atoms with Gasteiger partial charge < -0.3 is 20.1 Å². The molecule has 0 spiro atoms. The van der Waals surface area contributed by atoms with Crippen molar-refractivity contribution >= 4 is 35.0 Å². The largest absolute Gasteiger partial charge is 0.444 e. The van der Waals surface area contributed by atoms with E-state index >= 15 is 0 Å². The van der Waals surface area contributed by atoms with Gasteiger partial charge in [0.15, 0.2) is 0 Å². The lowest BCUT2D eigenvalue weighted by molar-refractivity contribution is 0.0277. The standard InChI is InChI=1S/C25H24ClN3O4/c26-20-12-19(13-22(14-20)29-25(31)33-16-17-4-2-1-3-5-17)24(30)28-21-8-6-18(7-9-21)23-15-27-10-11-32-23/h1-9,12-14,23,27H,10-11,15-16H2,(H,28,30)(H,29,31)/t23-/m1/s1. The monoisotopic (exact) mass is 465 g/mol. The zero-order chi connectivity index (χ0) is 23.0. The third-order valence-corrected chi connectivity index (χ3v) is 5.31. The number of hydrogen-bond acceptors (Lipinski definition) is 5. The Kier molecular flexibility index (Phi) is 7.57. The molecule has 1 fully saturated rings. The zero-order valence-electron chi connectivity index (χ0n) is 17.8. The highest BCUT2D eigenvalue weighted by atomic mass is 35.5. The molecule has 3 aromatic rings. The number of halogens is 1. The molecule has 1 aliphatic heterocycles. The van der Waals surface area contributed by atoms with Gasteiger partial charge in [-0.25, -0.2) is 4.79 Å². The van der Waals surface area contributed by atoms with Crippen molar-refractivity contribution in [2.75, 3.05) is 30.3 Å². The zero-order valence-corrected chi connectivity index (χ0v) is 18.6. The fraction of sp³-hybridized carbons (Fsp3) is 0.200. The van der Waals surface area contributed by atoms with Gasteiger partial charge in [0.05, 0.1) is 12.7 Å². The molecule has 3 aromatic carbocycles. The van der Waals surface area contributed by atoms with Crippen molar-refractivity contribution in [2.45, 2.75) is 12.7 Å². The van der Waals surface area contributed by atoms with Crippen LogP contribution in [0, 0.1) is 0 Å². The Bertz CT molecular complexity index is 1100. The van der Waals surface area contributed by atoms with E-state index in [1.165, 1.54) is 6.07 Å². The minimum absolute atomic E-state index is 0.00621. The average molecular weight is 466 g/mol. The van der Waals surface area contributed by atoms with Crippen molar-refractivity contribution in [3.05, 3.63) is 94.5 Å². The van der Waals surface area contributed by atoms with Gasteiger partial charge in [-0.1, -0.05) is 54.1 Å². The van der Waals surface area contributed by atoms with Gasteiger partial charge in [-0.05, 0) is 41.5 Å². The summed E-state index contributed by atoms with van der Waals surface area (Å²) < 4.78 is 11.0. The van der Waals surface area contributed by atoms with E-state index in [4.69, 9.17) is 21.1 Å². The summed E-state index contributed by atoms with van der Waals surface area (Å²) in [5.74, 6) is -0.346. The van der Waals surface area contributed by atoms with Crippen LogP contribution in [0.5, 0.6) is 0 Å². The summed E-state index contributed by atoms with van der Waals surface area (Å²) in [6, 6.07) is 21.5. The van der Waals surface area contributed by atoms with Crippen LogP contribution in [-0.2, 0) is 16.1 Å². The summed E-state index contributed by atoms with van der Waals surface area (Å²) in [6.07, 6.45) is -0.630. The molecule has 0 radical (unpaired) electrons. The molecular formula is C25H24ClN3O4. The topological polar surface area (TPSA) is 88.7 Å². The van der Waals surface area contributed by atoms with Crippen molar-refractivity contribution in [3.8, 4) is 0 Å². The first-order chi connectivity index (χ1) is 16.1. The summed E-state index contributed by atoms with van der Waals surface area (Å²) >= 11 is 6.17. The number of morpholine rings is 1. The van der Waals surface area contributed by atoms with E-state index in [0.717, 1.165) is 24.2 Å². The Morgan fingerprint density at radius 3 is 2.52 bits per heavy atom. The van der Waals surface area contributed by atoms with E-state index in [0.29, 0.717) is 28.6 Å². The van der Waals surface area contributed by atoms with Crippen molar-refractivity contribution in [2.24, 2.45) is 0 Å². The van der Waals surface area contributed by atoms with Gasteiger partial charge in [0.1, 0.15) is 6.61 Å². The predicted molar refractivity (Wildman–Crippen MR) is 128 cm³/mol. The third-order valence-electron chi connectivity index (χ3n) is 5.09. The van der Waals surface area contributed by atoms with Crippen molar-refractivity contribution in [3.63, 3.8) is 0 Å². The summed E-state index contributed by atoms with van der Waals surface area (Å²) in [7, 11) is 0. The van der Waals surface area contributed by atoms with Crippen LogP contribution >= 0.6 is 11.6 Å². The second-order valence-electron chi connectivity index (χ2n) is 7.56. The normalized spacial score (nSPS) is 15.5. The van der Waals surface area contributed by atoms with Gasteiger partial charge in [-0.2, -0.15) is 0 Å². The molecule has 8 heteroatoms. The molecule has 0 bridgehead atoms. The molecule has 1 atom stereocenters. The number of amides is 2. The minimum atomic E-state index is -0.637. The Morgan fingerprint density at radius 1 is 1.00 bits per heavy atom. The third kappa shape index (κ3) is 6.55. The first kappa shape index (κ1) is 22.8. The van der Waals surface area contributed by atoms with E-state index in [2.05, 4.69) is 16.0 Å². The van der Waals surface area contributed by atoms with Crippen molar-refractivity contribution in [1.82, 2.24) is 5.32 Å². The summed E-state index contributed by atoms with van der Waals surface area (Å²) in [5.41, 5.74) is 3.23. The van der Waals surface area contributed by atoms with Crippen molar-refractivity contribution < 1.29 is 19.1 Å². The summed E-state index contributed by atoms with van der Waals surface area (Å²) in [5, 5.41) is 9.07. The molecule has 2 amide bonds. The predicted octanol–water partition coefficient (Wildman–Crippen LogP) is 5.00. The Morgan fingerprint density at radius 2 is 1.79 bits per heavy atom. The molecule has 1 aliphatic rings. The maximum absolute atomic E-state index is 12.8. The molecule has 1 saturated heterocycles. The second-order valence-corrected chi connectivity index (χ2v) is 7.99. The Balaban J connectivity index is 1.36. The van der Waals surface area contributed by atoms with Crippen LogP contribution in [0.3, 0.4) is 0 Å². The molecule has 170 valence electrons. The summed E-state index contributed by atoms with van der Waals surface area (Å²) in [4.78, 5) is 24.9. The maximum atomic E-state index is 12.8. The number of ether oxygens (including phenoxy) is 2. The number of rotatable bonds is 6. The maximum Gasteiger partial charge on any atom is 0.411 e. The number of anilines is 2. The molecule has 0 unspecified atom stereocenters. The smallest absolute Gasteiger partial charge is 0.411 e. The Hall–Kier alpha value is -3.39. The average Bonchev–Trinajstić information content (AvgIpc) is 2.84.